The van der Waals surface area contributed by atoms with Crippen molar-refractivity contribution >= 4 is 18.4 Å². The van der Waals surface area contributed by atoms with Crippen LogP contribution in [0.1, 0.15) is 44.6 Å². The zero-order valence-corrected chi connectivity index (χ0v) is 19.2. The molecule has 0 amide bonds. The normalized spacial score (nSPS) is 15.9. The van der Waals surface area contributed by atoms with E-state index in [2.05, 4.69) is 62.4 Å². The predicted octanol–water partition coefficient (Wildman–Crippen LogP) is -4.71. The van der Waals surface area contributed by atoms with E-state index in [0.29, 0.717) is 5.92 Å². The standard InChI is InChI=1S/C19H25Si.3ClH.Ti/c1-3-16(2)18-12-9-13-19(18)20(14-7-8-15-20)17-10-5-4-6-11-17;;;;/h4-6,9-13,16H,3,7-8,14-15H2,1-2H3;3*1H;/q-1;;;;+4/p-3. The topological polar surface area (TPSA) is 0 Å². The molecular formula is C19H25Cl3SiTi. The van der Waals surface area contributed by atoms with Crippen LogP contribution >= 0.6 is 0 Å². The average Bonchev–Trinajstić information content (AvgIpc) is 3.16. The minimum atomic E-state index is -1.46. The minimum absolute atomic E-state index is 0. The predicted molar refractivity (Wildman–Crippen MR) is 91.1 cm³/mol. The Labute approximate surface area is 181 Å². The van der Waals surface area contributed by atoms with Gasteiger partial charge in [0.15, 0.2) is 0 Å². The second kappa shape index (κ2) is 11.9. The molecule has 0 aliphatic carbocycles. The fourth-order valence-electron chi connectivity index (χ4n) is 3.97. The maximum atomic E-state index is 2.45. The minimum Gasteiger partial charge on any atom is -1.00 e. The Morgan fingerprint density at radius 2 is 1.54 bits per heavy atom. The van der Waals surface area contributed by atoms with Crippen LogP contribution in [0.25, 0.3) is 0 Å². The van der Waals surface area contributed by atoms with Gasteiger partial charge in [0, 0.05) is 0 Å². The van der Waals surface area contributed by atoms with Crippen molar-refractivity contribution in [3.8, 4) is 0 Å². The Morgan fingerprint density at radius 1 is 0.958 bits per heavy atom. The molecule has 1 saturated heterocycles. The van der Waals surface area contributed by atoms with E-state index in [0.717, 1.165) is 0 Å². The SMILES string of the molecule is CCC(C)c1ccc[c-]1[Si]1(c2ccccc2)CCCC1.[Cl-].[Cl-].[Cl-].[Ti+4]. The Kier molecular flexibility index (Phi) is 13.2. The van der Waals surface area contributed by atoms with Crippen molar-refractivity contribution in [2.24, 2.45) is 0 Å². The molecule has 1 atom stereocenters. The molecule has 24 heavy (non-hydrogen) atoms. The summed E-state index contributed by atoms with van der Waals surface area (Å²) in [7, 11) is -1.46. The van der Waals surface area contributed by atoms with Crippen LogP contribution in [-0.4, -0.2) is 8.07 Å². The Balaban J connectivity index is 0. The van der Waals surface area contributed by atoms with E-state index >= 15 is 0 Å². The molecule has 0 bridgehead atoms. The van der Waals surface area contributed by atoms with Gasteiger partial charge in [-0.05, 0) is 5.92 Å². The first-order valence-electron chi connectivity index (χ1n) is 8.09. The van der Waals surface area contributed by atoms with E-state index < -0.39 is 8.07 Å². The second-order valence-corrected chi connectivity index (χ2v) is 10.6. The summed E-state index contributed by atoms with van der Waals surface area (Å²) in [6.07, 6.45) is 4.09. The van der Waals surface area contributed by atoms with Gasteiger partial charge in [-0.15, -0.1) is 0 Å². The molecule has 1 fully saturated rings. The van der Waals surface area contributed by atoms with Gasteiger partial charge in [-0.1, -0.05) is 80.7 Å². The first-order valence-corrected chi connectivity index (χ1v) is 10.5. The van der Waals surface area contributed by atoms with Crippen molar-refractivity contribution in [3.05, 3.63) is 54.1 Å². The first kappa shape index (κ1) is 26.6. The van der Waals surface area contributed by atoms with E-state index in [1.807, 2.05) is 0 Å². The summed E-state index contributed by atoms with van der Waals surface area (Å²) < 4.78 is 0. The zero-order valence-electron chi connectivity index (χ0n) is 14.4. The van der Waals surface area contributed by atoms with Gasteiger partial charge in [-0.2, -0.15) is 16.8 Å². The molecule has 0 N–H and O–H groups in total. The van der Waals surface area contributed by atoms with Crippen LogP contribution in [-0.2, 0) is 21.7 Å². The van der Waals surface area contributed by atoms with Gasteiger partial charge in [0.1, 0.15) is 0 Å². The molecule has 2 aromatic carbocycles. The smallest absolute Gasteiger partial charge is 1.00 e. The van der Waals surface area contributed by atoms with Crippen LogP contribution in [0.2, 0.25) is 12.1 Å². The van der Waals surface area contributed by atoms with E-state index in [1.165, 1.54) is 31.4 Å². The largest absolute Gasteiger partial charge is 4.00 e. The molecule has 130 valence electrons. The third-order valence-electron chi connectivity index (χ3n) is 5.29. The third kappa shape index (κ3) is 4.96. The Hall–Kier alpha value is 0.371. The van der Waals surface area contributed by atoms with E-state index in [1.54, 1.807) is 15.9 Å². The summed E-state index contributed by atoms with van der Waals surface area (Å²) >= 11 is 0. The first-order chi connectivity index (χ1) is 9.78. The van der Waals surface area contributed by atoms with Gasteiger partial charge < -0.3 is 37.2 Å². The fraction of sp³-hybridized carbons (Fsp3) is 0.421. The zero-order chi connectivity index (χ0) is 14.0. The summed E-state index contributed by atoms with van der Waals surface area (Å²) in [5.74, 6) is 0.702. The molecule has 0 nitrogen and oxygen atoms in total. The fourth-order valence-corrected chi connectivity index (χ4v) is 9.48. The number of hydrogen-bond donors (Lipinski definition) is 0. The van der Waals surface area contributed by atoms with E-state index in [9.17, 15) is 0 Å². The maximum absolute atomic E-state index is 2.45. The molecule has 1 unspecified atom stereocenters. The molecule has 0 saturated carbocycles. The number of rotatable bonds is 4. The second-order valence-electron chi connectivity index (χ2n) is 6.36. The Bertz CT molecular complexity index is 565. The van der Waals surface area contributed by atoms with Crippen LogP contribution in [0.5, 0.6) is 0 Å². The van der Waals surface area contributed by atoms with Crippen LogP contribution < -0.4 is 47.6 Å². The van der Waals surface area contributed by atoms with Crippen LogP contribution in [0.3, 0.4) is 0 Å². The number of halogens is 3. The molecule has 0 spiro atoms. The monoisotopic (exact) mass is 434 g/mol. The molecule has 1 heterocycles. The van der Waals surface area contributed by atoms with Crippen LogP contribution in [0.4, 0.5) is 0 Å². The Morgan fingerprint density at radius 3 is 2.08 bits per heavy atom. The van der Waals surface area contributed by atoms with Gasteiger partial charge >= 0.3 is 21.7 Å². The third-order valence-corrected chi connectivity index (χ3v) is 10.6. The molecular weight excluding hydrogens is 411 g/mol. The van der Waals surface area contributed by atoms with Crippen molar-refractivity contribution in [3.63, 3.8) is 0 Å². The van der Waals surface area contributed by atoms with E-state index in [4.69, 9.17) is 0 Å². The number of benzene rings is 1. The summed E-state index contributed by atoms with van der Waals surface area (Å²) in [6.45, 7) is 4.70. The molecule has 3 rings (SSSR count). The van der Waals surface area contributed by atoms with Crippen molar-refractivity contribution in [1.29, 1.82) is 0 Å². The van der Waals surface area contributed by atoms with Crippen molar-refractivity contribution in [1.82, 2.24) is 0 Å². The molecule has 1 aliphatic heterocycles. The van der Waals surface area contributed by atoms with Crippen LogP contribution in [0, 0.1) is 0 Å². The van der Waals surface area contributed by atoms with E-state index in [-0.39, 0.29) is 58.9 Å². The van der Waals surface area contributed by atoms with Crippen molar-refractivity contribution in [2.75, 3.05) is 0 Å². The molecule has 2 aromatic rings. The average molecular weight is 436 g/mol. The van der Waals surface area contributed by atoms with Gasteiger partial charge in [0.25, 0.3) is 0 Å². The van der Waals surface area contributed by atoms with Crippen molar-refractivity contribution in [2.45, 2.75) is 51.1 Å². The van der Waals surface area contributed by atoms with Gasteiger partial charge in [-0.3, -0.25) is 0 Å². The summed E-state index contributed by atoms with van der Waals surface area (Å²) in [4.78, 5) is 0. The van der Waals surface area contributed by atoms with Gasteiger partial charge in [0.2, 0.25) is 0 Å². The summed E-state index contributed by atoms with van der Waals surface area (Å²) in [5, 5.41) is 3.41. The van der Waals surface area contributed by atoms with Gasteiger partial charge in [-0.25, -0.2) is 12.1 Å². The summed E-state index contributed by atoms with van der Waals surface area (Å²) in [5.41, 5.74) is 1.64. The molecule has 0 radical (unpaired) electrons. The number of hydrogen-bond acceptors (Lipinski definition) is 0. The molecule has 5 heteroatoms. The molecule has 0 aromatic heterocycles. The van der Waals surface area contributed by atoms with Crippen molar-refractivity contribution < 1.29 is 58.9 Å². The molecule has 1 aliphatic rings. The van der Waals surface area contributed by atoms with Gasteiger partial charge in [0.05, 0.1) is 8.07 Å². The quantitative estimate of drug-likeness (QED) is 0.335. The van der Waals surface area contributed by atoms with Crippen LogP contribution in [0.15, 0.2) is 48.5 Å². The maximum Gasteiger partial charge on any atom is 4.00 e. The summed E-state index contributed by atoms with van der Waals surface area (Å²) in [6, 6.07) is 21.4.